The van der Waals surface area contributed by atoms with Gasteiger partial charge in [-0.05, 0) is 37.1 Å². The molecular weight excluding hydrogens is 471 g/mol. The summed E-state index contributed by atoms with van der Waals surface area (Å²) in [5.74, 6) is 0.503. The fraction of sp³-hybridized carbons (Fsp3) is 0.148. The molecule has 4 N–H and O–H groups in total. The van der Waals surface area contributed by atoms with Crippen LogP contribution in [-0.2, 0) is 0 Å². The number of imidazole rings is 1. The first-order valence-electron chi connectivity index (χ1n) is 12.0. The number of H-pyrrole nitrogens is 2. The van der Waals surface area contributed by atoms with Crippen molar-refractivity contribution in [1.29, 1.82) is 0 Å². The van der Waals surface area contributed by atoms with Crippen LogP contribution in [0.15, 0.2) is 67.3 Å². The molecule has 1 unspecified atom stereocenters. The number of aliphatic hydroxyl groups is 1. The highest BCUT2D eigenvalue weighted by atomic mass is 19.1. The van der Waals surface area contributed by atoms with Crippen LogP contribution < -0.4 is 5.32 Å². The van der Waals surface area contributed by atoms with E-state index in [1.807, 2.05) is 12.1 Å². The molecule has 0 aliphatic heterocycles. The molecule has 1 aliphatic carbocycles. The molecule has 0 radical (unpaired) electrons. The number of halogens is 1. The van der Waals surface area contributed by atoms with Gasteiger partial charge >= 0.3 is 0 Å². The summed E-state index contributed by atoms with van der Waals surface area (Å²) in [6, 6.07) is 12.3. The van der Waals surface area contributed by atoms with Crippen molar-refractivity contribution in [2.75, 3.05) is 5.32 Å². The highest BCUT2D eigenvalue weighted by Gasteiger charge is 2.29. The summed E-state index contributed by atoms with van der Waals surface area (Å²) >= 11 is 0. The first kappa shape index (κ1) is 21.6. The molecule has 1 saturated carbocycles. The number of hydrogen-bond donors (Lipinski definition) is 4. The first-order valence-corrected chi connectivity index (χ1v) is 12.0. The maximum atomic E-state index is 14.5. The average Bonchev–Trinajstić information content (AvgIpc) is 3.55. The predicted molar refractivity (Wildman–Crippen MR) is 138 cm³/mol. The Labute approximate surface area is 209 Å². The second-order valence-electron chi connectivity index (χ2n) is 9.21. The molecule has 37 heavy (non-hydrogen) atoms. The SMILES string of the molecule is OC(Nc1cncc(-c2cnc3n[nH]c(-c4nc5nccc(-c6ccccc6F)c5[nH]4)c3c2)c1)C1CC1. The molecule has 6 aromatic rings. The zero-order valence-corrected chi connectivity index (χ0v) is 19.5. The molecule has 0 bridgehead atoms. The van der Waals surface area contributed by atoms with Gasteiger partial charge < -0.3 is 15.4 Å². The standard InChI is InChI=1S/C27H21FN8O/c28-21-4-2-1-3-18(21)19-7-8-30-25-22(19)33-26(34-25)23-20-10-16(12-31-24(20)36-35-23)15-9-17(13-29-11-15)32-27(37)14-5-6-14/h1-4,7-14,27,32,37H,5-6H2,(H,30,33,34)(H,31,35,36). The van der Waals surface area contributed by atoms with E-state index in [0.717, 1.165) is 35.0 Å². The monoisotopic (exact) mass is 492 g/mol. The number of aliphatic hydroxyl groups excluding tert-OH is 1. The molecule has 5 heterocycles. The number of anilines is 1. The van der Waals surface area contributed by atoms with Gasteiger partial charge in [0.15, 0.2) is 17.1 Å². The molecule has 1 fully saturated rings. The summed E-state index contributed by atoms with van der Waals surface area (Å²) in [6.07, 6.45) is 8.29. The fourth-order valence-corrected chi connectivity index (χ4v) is 4.55. The first-order chi connectivity index (χ1) is 18.1. The molecule has 10 heteroatoms. The van der Waals surface area contributed by atoms with Crippen molar-refractivity contribution in [3.05, 3.63) is 73.1 Å². The van der Waals surface area contributed by atoms with Crippen molar-refractivity contribution in [3.8, 4) is 33.8 Å². The van der Waals surface area contributed by atoms with E-state index in [1.165, 1.54) is 6.07 Å². The van der Waals surface area contributed by atoms with E-state index in [2.05, 4.69) is 40.4 Å². The third kappa shape index (κ3) is 3.87. The van der Waals surface area contributed by atoms with Gasteiger partial charge in [-0.2, -0.15) is 5.10 Å². The van der Waals surface area contributed by atoms with Crippen molar-refractivity contribution < 1.29 is 9.50 Å². The maximum Gasteiger partial charge on any atom is 0.181 e. The highest BCUT2D eigenvalue weighted by Crippen LogP contribution is 2.35. The summed E-state index contributed by atoms with van der Waals surface area (Å²) in [7, 11) is 0. The number of hydrogen-bond acceptors (Lipinski definition) is 7. The van der Waals surface area contributed by atoms with E-state index in [-0.39, 0.29) is 5.82 Å². The normalized spacial score (nSPS) is 14.3. The van der Waals surface area contributed by atoms with Crippen molar-refractivity contribution in [3.63, 3.8) is 0 Å². The molecule has 1 atom stereocenters. The molecule has 0 amide bonds. The summed E-state index contributed by atoms with van der Waals surface area (Å²) in [6.45, 7) is 0. The van der Waals surface area contributed by atoms with Gasteiger partial charge in [0, 0.05) is 46.8 Å². The number of nitrogens with one attached hydrogen (secondary N) is 3. The van der Waals surface area contributed by atoms with E-state index in [1.54, 1.807) is 49.1 Å². The van der Waals surface area contributed by atoms with Gasteiger partial charge in [0.1, 0.15) is 17.7 Å². The van der Waals surface area contributed by atoms with E-state index >= 15 is 0 Å². The third-order valence-electron chi connectivity index (χ3n) is 6.66. The van der Waals surface area contributed by atoms with Crippen molar-refractivity contribution >= 4 is 27.9 Å². The Balaban J connectivity index is 1.29. The van der Waals surface area contributed by atoms with Gasteiger partial charge in [-0.15, -0.1) is 0 Å². The van der Waals surface area contributed by atoms with Crippen LogP contribution in [0.25, 0.3) is 56.0 Å². The van der Waals surface area contributed by atoms with Crippen LogP contribution in [0.1, 0.15) is 12.8 Å². The zero-order chi connectivity index (χ0) is 24.9. The number of aromatic amines is 2. The Kier molecular flexibility index (Phi) is 4.93. The minimum absolute atomic E-state index is 0.298. The fourth-order valence-electron chi connectivity index (χ4n) is 4.55. The van der Waals surface area contributed by atoms with Crippen molar-refractivity contribution in [2.24, 2.45) is 5.92 Å². The lowest BCUT2D eigenvalue weighted by Gasteiger charge is -2.13. The van der Waals surface area contributed by atoms with Gasteiger partial charge in [-0.25, -0.2) is 19.3 Å². The third-order valence-corrected chi connectivity index (χ3v) is 6.66. The number of aromatic nitrogens is 7. The molecule has 9 nitrogen and oxygen atoms in total. The van der Waals surface area contributed by atoms with Crippen LogP contribution in [-0.4, -0.2) is 46.5 Å². The summed E-state index contributed by atoms with van der Waals surface area (Å²) in [5.41, 5.74) is 5.86. The number of rotatable bonds is 6. The number of nitrogens with zero attached hydrogens (tertiary/aromatic N) is 5. The Bertz CT molecular complexity index is 1770. The molecular formula is C27H21FN8O. The van der Waals surface area contributed by atoms with Crippen molar-refractivity contribution in [1.82, 2.24) is 35.1 Å². The van der Waals surface area contributed by atoms with Gasteiger partial charge in [0.2, 0.25) is 0 Å². The lowest BCUT2D eigenvalue weighted by Crippen LogP contribution is -2.20. The molecule has 7 rings (SSSR count). The lowest BCUT2D eigenvalue weighted by molar-refractivity contribution is 0.180. The van der Waals surface area contributed by atoms with Gasteiger partial charge in [-0.1, -0.05) is 18.2 Å². The molecule has 182 valence electrons. The number of pyridine rings is 3. The van der Waals surface area contributed by atoms with E-state index in [9.17, 15) is 9.50 Å². The Morgan fingerprint density at radius 1 is 0.973 bits per heavy atom. The summed E-state index contributed by atoms with van der Waals surface area (Å²) in [5, 5.41) is 21.5. The Hall–Kier alpha value is -4.70. The van der Waals surface area contributed by atoms with E-state index < -0.39 is 6.23 Å². The molecule has 0 saturated heterocycles. The average molecular weight is 493 g/mol. The largest absolute Gasteiger partial charge is 0.374 e. The second-order valence-corrected chi connectivity index (χ2v) is 9.21. The number of fused-ring (bicyclic) bond motifs is 2. The second kappa shape index (κ2) is 8.45. The van der Waals surface area contributed by atoms with Gasteiger partial charge in [-0.3, -0.25) is 10.1 Å². The molecule has 1 aromatic carbocycles. The van der Waals surface area contributed by atoms with E-state index in [0.29, 0.717) is 45.4 Å². The van der Waals surface area contributed by atoms with Crippen LogP contribution in [0.4, 0.5) is 10.1 Å². The summed E-state index contributed by atoms with van der Waals surface area (Å²) in [4.78, 5) is 21.2. The number of benzene rings is 1. The van der Waals surface area contributed by atoms with Crippen LogP contribution >= 0.6 is 0 Å². The minimum atomic E-state index is -0.575. The van der Waals surface area contributed by atoms with E-state index in [4.69, 9.17) is 0 Å². The Morgan fingerprint density at radius 2 is 1.84 bits per heavy atom. The van der Waals surface area contributed by atoms with Crippen LogP contribution in [0.2, 0.25) is 0 Å². The van der Waals surface area contributed by atoms with Crippen molar-refractivity contribution in [2.45, 2.75) is 19.1 Å². The lowest BCUT2D eigenvalue weighted by atomic mass is 10.1. The Morgan fingerprint density at radius 3 is 2.70 bits per heavy atom. The predicted octanol–water partition coefficient (Wildman–Crippen LogP) is 4.90. The maximum absolute atomic E-state index is 14.5. The van der Waals surface area contributed by atoms with Gasteiger partial charge in [0.25, 0.3) is 0 Å². The highest BCUT2D eigenvalue weighted by molar-refractivity contribution is 5.96. The smallest absolute Gasteiger partial charge is 0.181 e. The minimum Gasteiger partial charge on any atom is -0.374 e. The van der Waals surface area contributed by atoms with Gasteiger partial charge in [0.05, 0.1) is 22.8 Å². The van der Waals surface area contributed by atoms with Crippen LogP contribution in [0.3, 0.4) is 0 Å². The quantitative estimate of drug-likeness (QED) is 0.243. The topological polar surface area (TPSA) is 128 Å². The van der Waals surface area contributed by atoms with Crippen LogP contribution in [0.5, 0.6) is 0 Å². The molecule has 1 aliphatic rings. The summed E-state index contributed by atoms with van der Waals surface area (Å²) < 4.78 is 14.5. The van der Waals surface area contributed by atoms with Crippen LogP contribution in [0, 0.1) is 11.7 Å². The molecule has 0 spiro atoms. The zero-order valence-electron chi connectivity index (χ0n) is 19.5. The molecule has 5 aromatic heterocycles.